The number of nitrogens with zero attached hydrogens (tertiary/aromatic N) is 2. The van der Waals surface area contributed by atoms with Crippen molar-refractivity contribution in [1.82, 2.24) is 9.97 Å². The van der Waals surface area contributed by atoms with Gasteiger partial charge in [0.15, 0.2) is 11.6 Å². The van der Waals surface area contributed by atoms with Crippen LogP contribution >= 0.6 is 15.9 Å². The second-order valence-corrected chi connectivity index (χ2v) is 4.31. The first-order valence-corrected chi connectivity index (χ1v) is 6.00. The molecule has 0 aliphatic heterocycles. The summed E-state index contributed by atoms with van der Waals surface area (Å²) in [4.78, 5) is 8.49. The van der Waals surface area contributed by atoms with E-state index in [0.29, 0.717) is 24.7 Å². The predicted octanol–water partition coefficient (Wildman–Crippen LogP) is 2.24. The summed E-state index contributed by atoms with van der Waals surface area (Å²) in [7, 11) is 0. The van der Waals surface area contributed by atoms with E-state index in [9.17, 15) is 0 Å². The molecule has 1 heterocycles. The van der Waals surface area contributed by atoms with Gasteiger partial charge in [-0.05, 0) is 12.1 Å². The first kappa shape index (κ1) is 12.0. The first-order chi connectivity index (χ1) is 8.29. The molecule has 0 saturated carbocycles. The van der Waals surface area contributed by atoms with Crippen LogP contribution in [0.4, 0.5) is 0 Å². The maximum absolute atomic E-state index is 5.34. The minimum atomic E-state index is 0.472. The van der Waals surface area contributed by atoms with Crippen LogP contribution in [0.3, 0.4) is 0 Å². The molecule has 2 aromatic rings. The second kappa shape index (κ2) is 5.75. The van der Waals surface area contributed by atoms with Crippen molar-refractivity contribution in [3.63, 3.8) is 0 Å². The SMILES string of the molecule is NCCOc1cnc(-c2cccc(Br)c2)nc1. The van der Waals surface area contributed by atoms with E-state index in [1.54, 1.807) is 12.4 Å². The summed E-state index contributed by atoms with van der Waals surface area (Å²) in [5.41, 5.74) is 6.31. The lowest BCUT2D eigenvalue weighted by Crippen LogP contribution is -2.10. The van der Waals surface area contributed by atoms with Gasteiger partial charge >= 0.3 is 0 Å². The predicted molar refractivity (Wildman–Crippen MR) is 69.7 cm³/mol. The zero-order valence-electron chi connectivity index (χ0n) is 9.14. The van der Waals surface area contributed by atoms with E-state index in [0.717, 1.165) is 10.0 Å². The summed E-state index contributed by atoms with van der Waals surface area (Å²) < 4.78 is 6.31. The van der Waals surface area contributed by atoms with Crippen LogP contribution in [0.2, 0.25) is 0 Å². The minimum Gasteiger partial charge on any atom is -0.489 e. The van der Waals surface area contributed by atoms with Crippen LogP contribution in [-0.2, 0) is 0 Å². The van der Waals surface area contributed by atoms with Crippen molar-refractivity contribution in [3.05, 3.63) is 41.1 Å². The van der Waals surface area contributed by atoms with Gasteiger partial charge in [-0.2, -0.15) is 0 Å². The summed E-state index contributed by atoms with van der Waals surface area (Å²) >= 11 is 3.41. The zero-order valence-corrected chi connectivity index (χ0v) is 10.7. The third-order valence-corrected chi connectivity index (χ3v) is 2.59. The molecule has 0 aliphatic rings. The van der Waals surface area contributed by atoms with Crippen molar-refractivity contribution in [1.29, 1.82) is 0 Å². The number of hydrogen-bond acceptors (Lipinski definition) is 4. The van der Waals surface area contributed by atoms with Crippen LogP contribution < -0.4 is 10.5 Å². The molecule has 0 spiro atoms. The molecule has 2 N–H and O–H groups in total. The Morgan fingerprint density at radius 2 is 2.00 bits per heavy atom. The van der Waals surface area contributed by atoms with Crippen LogP contribution in [0.15, 0.2) is 41.1 Å². The number of halogens is 1. The van der Waals surface area contributed by atoms with Gasteiger partial charge in [0, 0.05) is 16.6 Å². The van der Waals surface area contributed by atoms with E-state index in [4.69, 9.17) is 10.5 Å². The van der Waals surface area contributed by atoms with Crippen molar-refractivity contribution in [2.75, 3.05) is 13.2 Å². The fourth-order valence-electron chi connectivity index (χ4n) is 1.34. The molecule has 17 heavy (non-hydrogen) atoms. The molecule has 2 rings (SSSR count). The highest BCUT2D eigenvalue weighted by Crippen LogP contribution is 2.20. The summed E-state index contributed by atoms with van der Waals surface area (Å²) in [6.07, 6.45) is 3.30. The number of rotatable bonds is 4. The van der Waals surface area contributed by atoms with Gasteiger partial charge in [-0.3, -0.25) is 0 Å². The molecule has 0 saturated heterocycles. The molecule has 1 aromatic carbocycles. The average Bonchev–Trinajstić information content (AvgIpc) is 2.37. The van der Waals surface area contributed by atoms with Crippen molar-refractivity contribution in [2.45, 2.75) is 0 Å². The van der Waals surface area contributed by atoms with E-state index in [2.05, 4.69) is 25.9 Å². The Hall–Kier alpha value is -1.46. The van der Waals surface area contributed by atoms with Crippen LogP contribution in [0.1, 0.15) is 0 Å². The third kappa shape index (κ3) is 3.25. The van der Waals surface area contributed by atoms with Gasteiger partial charge < -0.3 is 10.5 Å². The molecule has 0 radical (unpaired) electrons. The molecule has 5 heteroatoms. The third-order valence-electron chi connectivity index (χ3n) is 2.10. The summed E-state index contributed by atoms with van der Waals surface area (Å²) in [6.45, 7) is 0.951. The standard InChI is InChI=1S/C12H12BrN3O/c13-10-3-1-2-9(6-10)12-15-7-11(8-16-12)17-5-4-14/h1-3,6-8H,4-5,14H2. The Balaban J connectivity index is 2.17. The van der Waals surface area contributed by atoms with E-state index in [-0.39, 0.29) is 0 Å². The zero-order chi connectivity index (χ0) is 12.1. The molecule has 0 fully saturated rings. The molecule has 4 nitrogen and oxygen atoms in total. The van der Waals surface area contributed by atoms with Crippen LogP contribution in [0.5, 0.6) is 5.75 Å². The van der Waals surface area contributed by atoms with Crippen molar-refractivity contribution in [3.8, 4) is 17.1 Å². The van der Waals surface area contributed by atoms with Gasteiger partial charge in [-0.1, -0.05) is 28.1 Å². The van der Waals surface area contributed by atoms with Crippen LogP contribution in [-0.4, -0.2) is 23.1 Å². The Kier molecular flexibility index (Phi) is 4.06. The average molecular weight is 294 g/mol. The van der Waals surface area contributed by atoms with Gasteiger partial charge in [-0.15, -0.1) is 0 Å². The van der Waals surface area contributed by atoms with Gasteiger partial charge in [0.25, 0.3) is 0 Å². The fraction of sp³-hybridized carbons (Fsp3) is 0.167. The summed E-state index contributed by atoms with van der Waals surface area (Å²) in [5.74, 6) is 1.31. The molecule has 0 aliphatic carbocycles. The number of benzene rings is 1. The quantitative estimate of drug-likeness (QED) is 0.939. The first-order valence-electron chi connectivity index (χ1n) is 5.20. The van der Waals surface area contributed by atoms with Gasteiger partial charge in [0.1, 0.15) is 6.61 Å². The van der Waals surface area contributed by atoms with Crippen molar-refractivity contribution in [2.24, 2.45) is 5.73 Å². The molecular weight excluding hydrogens is 282 g/mol. The summed E-state index contributed by atoms with van der Waals surface area (Å²) in [6, 6.07) is 7.83. The number of hydrogen-bond donors (Lipinski definition) is 1. The van der Waals surface area contributed by atoms with Crippen molar-refractivity contribution >= 4 is 15.9 Å². The molecule has 0 amide bonds. The lowest BCUT2D eigenvalue weighted by molar-refractivity contribution is 0.325. The van der Waals surface area contributed by atoms with E-state index < -0.39 is 0 Å². The highest BCUT2D eigenvalue weighted by molar-refractivity contribution is 9.10. The van der Waals surface area contributed by atoms with E-state index >= 15 is 0 Å². The maximum Gasteiger partial charge on any atom is 0.159 e. The summed E-state index contributed by atoms with van der Waals surface area (Å²) in [5, 5.41) is 0. The fourth-order valence-corrected chi connectivity index (χ4v) is 1.74. The van der Waals surface area contributed by atoms with Crippen molar-refractivity contribution < 1.29 is 4.74 Å². The highest BCUT2D eigenvalue weighted by Gasteiger charge is 2.02. The van der Waals surface area contributed by atoms with Gasteiger partial charge in [0.05, 0.1) is 12.4 Å². The van der Waals surface area contributed by atoms with Crippen LogP contribution in [0, 0.1) is 0 Å². The van der Waals surface area contributed by atoms with Gasteiger partial charge in [-0.25, -0.2) is 9.97 Å². The van der Waals surface area contributed by atoms with E-state index in [1.165, 1.54) is 0 Å². The molecular formula is C12H12BrN3O. The topological polar surface area (TPSA) is 61.0 Å². The lowest BCUT2D eigenvalue weighted by Gasteiger charge is -2.04. The van der Waals surface area contributed by atoms with Crippen LogP contribution in [0.25, 0.3) is 11.4 Å². The number of nitrogens with two attached hydrogens (primary N) is 1. The largest absolute Gasteiger partial charge is 0.489 e. The lowest BCUT2D eigenvalue weighted by atomic mass is 10.2. The Labute approximate surface area is 108 Å². The minimum absolute atomic E-state index is 0.472. The molecule has 88 valence electrons. The Bertz CT molecular complexity index is 487. The maximum atomic E-state index is 5.34. The second-order valence-electron chi connectivity index (χ2n) is 3.39. The molecule has 0 unspecified atom stereocenters. The molecule has 0 atom stereocenters. The molecule has 1 aromatic heterocycles. The highest BCUT2D eigenvalue weighted by atomic mass is 79.9. The molecule has 0 bridgehead atoms. The Morgan fingerprint density at radius 1 is 1.24 bits per heavy atom. The van der Waals surface area contributed by atoms with E-state index in [1.807, 2.05) is 24.3 Å². The number of aromatic nitrogens is 2. The normalized spacial score (nSPS) is 10.2. The smallest absolute Gasteiger partial charge is 0.159 e. The Morgan fingerprint density at radius 3 is 2.65 bits per heavy atom. The van der Waals surface area contributed by atoms with Gasteiger partial charge in [0.2, 0.25) is 0 Å². The monoisotopic (exact) mass is 293 g/mol. The number of ether oxygens (including phenoxy) is 1.